The molecule has 0 aliphatic carbocycles. The lowest BCUT2D eigenvalue weighted by Crippen LogP contribution is -2.42. The third-order valence-electron chi connectivity index (χ3n) is 2.28. The van der Waals surface area contributed by atoms with E-state index in [0.29, 0.717) is 0 Å². The van der Waals surface area contributed by atoms with Gasteiger partial charge in [0, 0.05) is 0 Å². The van der Waals surface area contributed by atoms with Crippen molar-refractivity contribution in [2.45, 2.75) is 24.3 Å². The first-order valence-electron chi connectivity index (χ1n) is 5.14. The van der Waals surface area contributed by atoms with Crippen LogP contribution in [0.5, 0.6) is 0 Å². The van der Waals surface area contributed by atoms with Crippen molar-refractivity contribution >= 4 is 15.9 Å². The number of primary amides is 1. The quantitative estimate of drug-likeness (QED) is 0.775. The molecular weight excluding hydrogens is 254 g/mol. The molecule has 7 heteroatoms. The van der Waals surface area contributed by atoms with Gasteiger partial charge in [0.2, 0.25) is 15.9 Å². The molecule has 0 aliphatic heterocycles. The largest absolute Gasteiger partial charge is 0.368 e. The highest BCUT2D eigenvalue weighted by Gasteiger charge is 2.19. The van der Waals surface area contributed by atoms with Crippen molar-refractivity contribution in [2.24, 2.45) is 5.73 Å². The number of nitrogens with zero attached hydrogens (tertiary/aromatic N) is 1. The monoisotopic (exact) mass is 267 g/mol. The van der Waals surface area contributed by atoms with E-state index >= 15 is 0 Å². The zero-order chi connectivity index (χ0) is 13.8. The topological polar surface area (TPSA) is 113 Å². The maximum atomic E-state index is 11.8. The van der Waals surface area contributed by atoms with Crippen LogP contribution in [0.3, 0.4) is 0 Å². The lowest BCUT2D eigenvalue weighted by Gasteiger charge is -2.11. The maximum absolute atomic E-state index is 11.8. The molecule has 0 fully saturated rings. The van der Waals surface area contributed by atoms with Crippen molar-refractivity contribution in [3.63, 3.8) is 0 Å². The highest BCUT2D eigenvalue weighted by atomic mass is 32.2. The van der Waals surface area contributed by atoms with Crippen LogP contribution in [-0.4, -0.2) is 20.4 Å². The van der Waals surface area contributed by atoms with Gasteiger partial charge in [-0.1, -0.05) is 12.1 Å². The van der Waals surface area contributed by atoms with Crippen LogP contribution in [0, 0.1) is 11.3 Å². The number of nitrogens with two attached hydrogens (primary N) is 1. The molecule has 0 saturated carbocycles. The second-order valence-corrected chi connectivity index (χ2v) is 5.44. The van der Waals surface area contributed by atoms with Crippen LogP contribution in [0.2, 0.25) is 0 Å². The summed E-state index contributed by atoms with van der Waals surface area (Å²) in [5, 5.41) is 8.50. The first kappa shape index (κ1) is 14.2. The predicted molar refractivity (Wildman–Crippen MR) is 64.7 cm³/mol. The molecular formula is C11H13N3O3S. The van der Waals surface area contributed by atoms with E-state index < -0.39 is 22.0 Å². The van der Waals surface area contributed by atoms with Gasteiger partial charge in [-0.25, -0.2) is 8.42 Å². The standard InChI is InChI=1S/C11H13N3O3S/c1-8(11(13)15)14-18(16,17)10-4-2-9(3-5-10)6-7-12/h2-5,8,14H,6H2,1H3,(H2,13,15). The summed E-state index contributed by atoms with van der Waals surface area (Å²) in [6.07, 6.45) is 0.214. The summed E-state index contributed by atoms with van der Waals surface area (Å²) in [6.45, 7) is 1.37. The molecule has 18 heavy (non-hydrogen) atoms. The molecule has 96 valence electrons. The van der Waals surface area contributed by atoms with Gasteiger partial charge in [-0.2, -0.15) is 9.98 Å². The molecule has 0 spiro atoms. The molecule has 0 heterocycles. The zero-order valence-electron chi connectivity index (χ0n) is 9.75. The van der Waals surface area contributed by atoms with Crippen molar-refractivity contribution in [3.8, 4) is 6.07 Å². The molecule has 1 unspecified atom stereocenters. The van der Waals surface area contributed by atoms with Gasteiger partial charge in [0.1, 0.15) is 0 Å². The Hall–Kier alpha value is -1.91. The Morgan fingerprint density at radius 3 is 2.44 bits per heavy atom. The summed E-state index contributed by atoms with van der Waals surface area (Å²) in [5.74, 6) is -0.750. The second-order valence-electron chi connectivity index (χ2n) is 3.72. The SMILES string of the molecule is CC(NS(=O)(=O)c1ccc(CC#N)cc1)C(N)=O. The molecule has 1 aromatic rings. The molecule has 0 saturated heterocycles. The van der Waals surface area contributed by atoms with Crippen molar-refractivity contribution in [1.29, 1.82) is 5.26 Å². The van der Waals surface area contributed by atoms with Gasteiger partial charge in [-0.3, -0.25) is 4.79 Å². The number of amides is 1. The number of carbonyl (C=O) groups is 1. The van der Waals surface area contributed by atoms with E-state index in [1.165, 1.54) is 19.1 Å². The van der Waals surface area contributed by atoms with E-state index in [4.69, 9.17) is 11.0 Å². The van der Waals surface area contributed by atoms with E-state index in [-0.39, 0.29) is 11.3 Å². The van der Waals surface area contributed by atoms with Gasteiger partial charge in [0.25, 0.3) is 0 Å². The number of carbonyl (C=O) groups excluding carboxylic acids is 1. The van der Waals surface area contributed by atoms with Gasteiger partial charge in [-0.05, 0) is 24.6 Å². The van der Waals surface area contributed by atoms with Crippen molar-refractivity contribution in [1.82, 2.24) is 4.72 Å². The molecule has 0 aliphatic rings. The van der Waals surface area contributed by atoms with E-state index in [2.05, 4.69) is 4.72 Å². The zero-order valence-corrected chi connectivity index (χ0v) is 10.6. The Morgan fingerprint density at radius 2 is 2.00 bits per heavy atom. The molecule has 1 amide bonds. The van der Waals surface area contributed by atoms with Crippen LogP contribution < -0.4 is 10.5 Å². The van der Waals surface area contributed by atoms with Gasteiger partial charge < -0.3 is 5.73 Å². The maximum Gasteiger partial charge on any atom is 0.241 e. The number of benzene rings is 1. The molecule has 0 bridgehead atoms. The van der Waals surface area contributed by atoms with Gasteiger partial charge >= 0.3 is 0 Å². The average molecular weight is 267 g/mol. The van der Waals surface area contributed by atoms with Crippen molar-refractivity contribution in [3.05, 3.63) is 29.8 Å². The summed E-state index contributed by atoms with van der Waals surface area (Å²) < 4.78 is 25.8. The van der Waals surface area contributed by atoms with Gasteiger partial charge in [0.05, 0.1) is 23.4 Å². The minimum absolute atomic E-state index is 0.0253. The fourth-order valence-electron chi connectivity index (χ4n) is 1.24. The molecule has 6 nitrogen and oxygen atoms in total. The summed E-state index contributed by atoms with van der Waals surface area (Å²) in [6, 6.07) is 6.84. The first-order chi connectivity index (χ1) is 8.36. The van der Waals surface area contributed by atoms with Crippen LogP contribution in [0.15, 0.2) is 29.2 Å². The van der Waals surface area contributed by atoms with E-state index in [9.17, 15) is 13.2 Å². The second kappa shape index (κ2) is 5.62. The van der Waals surface area contributed by atoms with Crippen molar-refractivity contribution < 1.29 is 13.2 Å². The van der Waals surface area contributed by atoms with Crippen LogP contribution >= 0.6 is 0 Å². The number of hydrogen-bond acceptors (Lipinski definition) is 4. The number of sulfonamides is 1. The molecule has 1 aromatic carbocycles. The Balaban J connectivity index is 2.92. The fourth-order valence-corrected chi connectivity index (χ4v) is 2.45. The number of nitriles is 1. The Kier molecular flexibility index (Phi) is 4.42. The Labute approximate surface area is 105 Å². The summed E-state index contributed by atoms with van der Waals surface area (Å²) in [7, 11) is -3.77. The summed E-state index contributed by atoms with van der Waals surface area (Å²) in [5.41, 5.74) is 5.70. The number of hydrogen-bond donors (Lipinski definition) is 2. The minimum Gasteiger partial charge on any atom is -0.368 e. The van der Waals surface area contributed by atoms with Crippen molar-refractivity contribution in [2.75, 3.05) is 0 Å². The predicted octanol–water partition coefficient (Wildman–Crippen LogP) is -0.0952. The lowest BCUT2D eigenvalue weighted by atomic mass is 10.2. The van der Waals surface area contributed by atoms with Gasteiger partial charge in [-0.15, -0.1) is 0 Å². The third kappa shape index (κ3) is 3.55. The van der Waals surface area contributed by atoms with Crippen LogP contribution in [0.4, 0.5) is 0 Å². The van der Waals surface area contributed by atoms with E-state index in [0.717, 1.165) is 5.56 Å². The lowest BCUT2D eigenvalue weighted by molar-refractivity contribution is -0.119. The highest BCUT2D eigenvalue weighted by molar-refractivity contribution is 7.89. The molecule has 1 atom stereocenters. The normalized spacial score (nSPS) is 12.7. The molecule has 1 rings (SSSR count). The number of nitrogens with one attached hydrogen (secondary N) is 1. The smallest absolute Gasteiger partial charge is 0.241 e. The first-order valence-corrected chi connectivity index (χ1v) is 6.62. The van der Waals surface area contributed by atoms with Crippen LogP contribution in [0.25, 0.3) is 0 Å². The Morgan fingerprint density at radius 1 is 1.44 bits per heavy atom. The van der Waals surface area contributed by atoms with Gasteiger partial charge in [0.15, 0.2) is 0 Å². The number of rotatable bonds is 5. The van der Waals surface area contributed by atoms with E-state index in [1.807, 2.05) is 6.07 Å². The van der Waals surface area contributed by atoms with Crippen LogP contribution in [0.1, 0.15) is 12.5 Å². The minimum atomic E-state index is -3.77. The summed E-state index contributed by atoms with van der Waals surface area (Å²) in [4.78, 5) is 10.8. The van der Waals surface area contributed by atoms with Crippen LogP contribution in [-0.2, 0) is 21.2 Å². The van der Waals surface area contributed by atoms with E-state index in [1.54, 1.807) is 12.1 Å². The molecule has 0 radical (unpaired) electrons. The Bertz CT molecular complexity index is 573. The molecule has 0 aromatic heterocycles. The summed E-state index contributed by atoms with van der Waals surface area (Å²) >= 11 is 0. The average Bonchev–Trinajstić information content (AvgIpc) is 2.29. The highest BCUT2D eigenvalue weighted by Crippen LogP contribution is 2.11. The third-order valence-corrected chi connectivity index (χ3v) is 3.83. The molecule has 3 N–H and O–H groups in total. The fraction of sp³-hybridized carbons (Fsp3) is 0.273.